The summed E-state index contributed by atoms with van der Waals surface area (Å²) >= 11 is 0. The quantitative estimate of drug-likeness (QED) is 0.500. The number of aliphatic hydroxyl groups is 1. The fourth-order valence-corrected chi connectivity index (χ4v) is 1.23. The minimum absolute atomic E-state index is 0.199. The van der Waals surface area contributed by atoms with Crippen LogP contribution in [-0.2, 0) is 0 Å². The fraction of sp³-hybridized carbons (Fsp3) is 0.556. The van der Waals surface area contributed by atoms with Gasteiger partial charge in [0.1, 0.15) is 0 Å². The number of hydrogen-bond acceptors (Lipinski definition) is 1. The van der Waals surface area contributed by atoms with Gasteiger partial charge in [-0.05, 0) is 19.8 Å². The Kier molecular flexibility index (Phi) is 2.13. The van der Waals surface area contributed by atoms with Crippen LogP contribution in [0.15, 0.2) is 11.1 Å². The lowest BCUT2D eigenvalue weighted by atomic mass is 9.91. The van der Waals surface area contributed by atoms with E-state index in [2.05, 4.69) is 5.92 Å². The first kappa shape index (κ1) is 7.37. The van der Waals surface area contributed by atoms with E-state index < -0.39 is 0 Å². The molecule has 1 aliphatic rings. The Morgan fingerprint density at radius 3 is 2.90 bits per heavy atom. The van der Waals surface area contributed by atoms with Gasteiger partial charge in [0.05, 0.1) is 6.10 Å². The summed E-state index contributed by atoms with van der Waals surface area (Å²) in [7, 11) is 0. The molecule has 0 aromatic heterocycles. The molecule has 0 spiro atoms. The second-order valence-corrected chi connectivity index (χ2v) is 2.80. The topological polar surface area (TPSA) is 20.2 Å². The smallest absolute Gasteiger partial charge is 0.0589 e. The molecular formula is C9H12O. The summed E-state index contributed by atoms with van der Waals surface area (Å²) in [6.07, 6.45) is 7.55. The summed E-state index contributed by atoms with van der Waals surface area (Å²) in [4.78, 5) is 0. The molecule has 1 nitrogen and oxygen atoms in total. The monoisotopic (exact) mass is 136 g/mol. The van der Waals surface area contributed by atoms with Crippen molar-refractivity contribution in [3.8, 4) is 12.3 Å². The molecule has 1 rings (SSSR count). The van der Waals surface area contributed by atoms with Crippen LogP contribution in [0.2, 0.25) is 0 Å². The third kappa shape index (κ3) is 1.40. The third-order valence-corrected chi connectivity index (χ3v) is 1.98. The molecule has 1 unspecified atom stereocenters. The first-order valence-electron chi connectivity index (χ1n) is 3.57. The molecule has 0 amide bonds. The molecular weight excluding hydrogens is 124 g/mol. The van der Waals surface area contributed by atoms with Crippen LogP contribution in [0.5, 0.6) is 0 Å². The summed E-state index contributed by atoms with van der Waals surface area (Å²) in [5, 5.41) is 9.20. The maximum absolute atomic E-state index is 9.20. The average Bonchev–Trinajstić information content (AvgIpc) is 1.94. The Labute approximate surface area is 61.8 Å². The van der Waals surface area contributed by atoms with Gasteiger partial charge in [-0.1, -0.05) is 11.5 Å². The predicted molar refractivity (Wildman–Crippen MR) is 41.4 cm³/mol. The highest BCUT2D eigenvalue weighted by Gasteiger charge is 2.14. The van der Waals surface area contributed by atoms with Crippen LogP contribution < -0.4 is 0 Å². The number of rotatable bonds is 0. The van der Waals surface area contributed by atoms with E-state index in [-0.39, 0.29) is 6.10 Å². The minimum Gasteiger partial charge on any atom is -0.393 e. The summed E-state index contributed by atoms with van der Waals surface area (Å²) in [5.41, 5.74) is 2.27. The summed E-state index contributed by atoms with van der Waals surface area (Å²) in [6.45, 7) is 2.04. The van der Waals surface area contributed by atoms with Gasteiger partial charge < -0.3 is 5.11 Å². The van der Waals surface area contributed by atoms with Crippen LogP contribution in [0.3, 0.4) is 0 Å². The van der Waals surface area contributed by atoms with Crippen molar-refractivity contribution in [2.75, 3.05) is 0 Å². The van der Waals surface area contributed by atoms with Crippen LogP contribution in [0, 0.1) is 12.3 Å². The van der Waals surface area contributed by atoms with Crippen LogP contribution in [-0.4, -0.2) is 11.2 Å². The van der Waals surface area contributed by atoms with Crippen molar-refractivity contribution in [3.05, 3.63) is 11.1 Å². The van der Waals surface area contributed by atoms with E-state index in [0.717, 1.165) is 18.4 Å². The van der Waals surface area contributed by atoms with Gasteiger partial charge in [-0.3, -0.25) is 0 Å². The normalized spacial score (nSPS) is 26.3. The van der Waals surface area contributed by atoms with E-state index >= 15 is 0 Å². The maximum Gasteiger partial charge on any atom is 0.0589 e. The molecule has 1 N–H and O–H groups in total. The van der Waals surface area contributed by atoms with Crippen molar-refractivity contribution in [2.45, 2.75) is 32.3 Å². The Morgan fingerprint density at radius 2 is 2.40 bits per heavy atom. The lowest BCUT2D eigenvalue weighted by Gasteiger charge is -2.18. The van der Waals surface area contributed by atoms with Gasteiger partial charge in [0, 0.05) is 12.0 Å². The number of allylic oxidation sites excluding steroid dienone is 1. The standard InChI is InChI=1S/C9H12O/c1-3-8-6-9(10)5-4-7(8)2/h1,9-10H,4-6H2,2H3. The molecule has 0 bridgehead atoms. The van der Waals surface area contributed by atoms with E-state index in [1.54, 1.807) is 0 Å². The van der Waals surface area contributed by atoms with E-state index in [0.29, 0.717) is 6.42 Å². The molecule has 1 aliphatic carbocycles. The molecule has 0 aliphatic heterocycles. The number of terminal acetylenes is 1. The van der Waals surface area contributed by atoms with Crippen LogP contribution in [0.4, 0.5) is 0 Å². The van der Waals surface area contributed by atoms with Crippen molar-refractivity contribution in [1.82, 2.24) is 0 Å². The van der Waals surface area contributed by atoms with Gasteiger partial charge in [0.15, 0.2) is 0 Å². The molecule has 54 valence electrons. The van der Waals surface area contributed by atoms with Gasteiger partial charge in [0.25, 0.3) is 0 Å². The van der Waals surface area contributed by atoms with Crippen molar-refractivity contribution in [3.63, 3.8) is 0 Å². The molecule has 1 atom stereocenters. The second-order valence-electron chi connectivity index (χ2n) is 2.80. The highest BCUT2D eigenvalue weighted by Crippen LogP contribution is 2.23. The highest BCUT2D eigenvalue weighted by molar-refractivity contribution is 5.32. The van der Waals surface area contributed by atoms with Gasteiger partial charge in [0.2, 0.25) is 0 Å². The zero-order valence-corrected chi connectivity index (χ0v) is 6.22. The third-order valence-electron chi connectivity index (χ3n) is 1.98. The van der Waals surface area contributed by atoms with Crippen molar-refractivity contribution in [2.24, 2.45) is 0 Å². The zero-order chi connectivity index (χ0) is 7.56. The molecule has 0 saturated carbocycles. The Bertz CT molecular complexity index is 195. The van der Waals surface area contributed by atoms with Gasteiger partial charge in [-0.15, -0.1) is 6.42 Å². The second kappa shape index (κ2) is 2.90. The molecule has 0 saturated heterocycles. The lowest BCUT2D eigenvalue weighted by molar-refractivity contribution is 0.160. The number of aliphatic hydroxyl groups excluding tert-OH is 1. The summed E-state index contributed by atoms with van der Waals surface area (Å²) in [5.74, 6) is 2.60. The zero-order valence-electron chi connectivity index (χ0n) is 6.22. The summed E-state index contributed by atoms with van der Waals surface area (Å²) < 4.78 is 0. The van der Waals surface area contributed by atoms with Crippen molar-refractivity contribution >= 4 is 0 Å². The van der Waals surface area contributed by atoms with Gasteiger partial charge in [-0.25, -0.2) is 0 Å². The SMILES string of the molecule is C#CC1=C(C)CCC(O)C1. The molecule has 0 aromatic rings. The highest BCUT2D eigenvalue weighted by atomic mass is 16.3. The molecule has 0 fully saturated rings. The maximum atomic E-state index is 9.20. The van der Waals surface area contributed by atoms with Crippen LogP contribution in [0.25, 0.3) is 0 Å². The average molecular weight is 136 g/mol. The fourth-order valence-electron chi connectivity index (χ4n) is 1.23. The first-order valence-corrected chi connectivity index (χ1v) is 3.57. The predicted octanol–water partition coefficient (Wildman–Crippen LogP) is 1.48. The van der Waals surface area contributed by atoms with Crippen LogP contribution in [0.1, 0.15) is 26.2 Å². The Hall–Kier alpha value is -0.740. The summed E-state index contributed by atoms with van der Waals surface area (Å²) in [6, 6.07) is 0. The minimum atomic E-state index is -0.199. The molecule has 0 aromatic carbocycles. The lowest BCUT2D eigenvalue weighted by Crippen LogP contribution is -2.13. The largest absolute Gasteiger partial charge is 0.393 e. The van der Waals surface area contributed by atoms with Gasteiger partial charge >= 0.3 is 0 Å². The molecule has 10 heavy (non-hydrogen) atoms. The van der Waals surface area contributed by atoms with E-state index in [1.165, 1.54) is 5.57 Å². The molecule has 0 radical (unpaired) electrons. The van der Waals surface area contributed by atoms with E-state index in [1.807, 2.05) is 6.92 Å². The van der Waals surface area contributed by atoms with Crippen LogP contribution >= 0.6 is 0 Å². The van der Waals surface area contributed by atoms with E-state index in [4.69, 9.17) is 6.42 Å². The Morgan fingerprint density at radius 1 is 1.70 bits per heavy atom. The van der Waals surface area contributed by atoms with Crippen molar-refractivity contribution < 1.29 is 5.11 Å². The first-order chi connectivity index (χ1) is 4.74. The Balaban J connectivity index is 2.75. The van der Waals surface area contributed by atoms with Crippen molar-refractivity contribution in [1.29, 1.82) is 0 Å². The van der Waals surface area contributed by atoms with E-state index in [9.17, 15) is 5.11 Å². The van der Waals surface area contributed by atoms with Gasteiger partial charge in [-0.2, -0.15) is 0 Å². The molecule has 1 heteroatoms. The number of hydrogen-bond donors (Lipinski definition) is 1. The molecule has 0 heterocycles.